The van der Waals surface area contributed by atoms with Crippen molar-refractivity contribution in [3.63, 3.8) is 0 Å². The highest BCUT2D eigenvalue weighted by Crippen LogP contribution is 2.31. The summed E-state index contributed by atoms with van der Waals surface area (Å²) in [5, 5.41) is 0.583. The van der Waals surface area contributed by atoms with E-state index in [0.717, 1.165) is 11.1 Å². The lowest BCUT2D eigenvalue weighted by atomic mass is 9.94. The summed E-state index contributed by atoms with van der Waals surface area (Å²) in [6.45, 7) is 5.61. The average Bonchev–Trinajstić information content (AvgIpc) is 2.65. The second-order valence-corrected chi connectivity index (χ2v) is 8.28. The first-order valence-corrected chi connectivity index (χ1v) is 9.67. The summed E-state index contributed by atoms with van der Waals surface area (Å²) in [5.41, 5.74) is 1.18. The molecule has 6 nitrogen and oxygen atoms in total. The molecule has 7 heteroatoms. The topological polar surface area (TPSA) is 65.1 Å². The first kappa shape index (κ1) is 21.0. The lowest BCUT2D eigenvalue weighted by Crippen LogP contribution is -2.50. The highest BCUT2D eigenvalue weighted by Gasteiger charge is 2.37. The van der Waals surface area contributed by atoms with E-state index in [4.69, 9.17) is 25.8 Å². The van der Waals surface area contributed by atoms with Crippen LogP contribution in [0.15, 0.2) is 42.5 Å². The number of hydrogen-bond donors (Lipinski definition) is 0. The van der Waals surface area contributed by atoms with Crippen LogP contribution in [0.5, 0.6) is 11.5 Å². The molecular weight excluding hydrogens is 394 g/mol. The van der Waals surface area contributed by atoms with Crippen molar-refractivity contribution in [1.82, 2.24) is 4.90 Å². The summed E-state index contributed by atoms with van der Waals surface area (Å²) in [5.74, 6) is 0.760. The standard InChI is InChI=1S/C22H24ClNO5/c1-22(2,3)29-21(26)24-13-14-8-9-18(28-17-7-5-6-16(23)12-17)10-15(14)11-19(24)20(25)27-4/h5-10,12,19H,11,13H2,1-4H3. The highest BCUT2D eigenvalue weighted by molar-refractivity contribution is 6.30. The van der Waals surface area contributed by atoms with Gasteiger partial charge in [-0.3, -0.25) is 4.90 Å². The molecule has 0 spiro atoms. The molecule has 1 aliphatic rings. The Bertz CT molecular complexity index is 922. The third-order valence-electron chi connectivity index (χ3n) is 4.44. The molecule has 0 radical (unpaired) electrons. The highest BCUT2D eigenvalue weighted by atomic mass is 35.5. The van der Waals surface area contributed by atoms with Crippen molar-refractivity contribution in [3.05, 3.63) is 58.6 Å². The average molecular weight is 418 g/mol. The molecule has 2 aromatic rings. The van der Waals surface area contributed by atoms with Gasteiger partial charge in [0.1, 0.15) is 23.1 Å². The summed E-state index contributed by atoms with van der Waals surface area (Å²) >= 11 is 6.01. The summed E-state index contributed by atoms with van der Waals surface area (Å²) < 4.78 is 16.3. The molecule has 2 aromatic carbocycles. The number of hydrogen-bond acceptors (Lipinski definition) is 5. The van der Waals surface area contributed by atoms with Crippen LogP contribution in [0.1, 0.15) is 31.9 Å². The van der Waals surface area contributed by atoms with Crippen molar-refractivity contribution >= 4 is 23.7 Å². The molecular formula is C22H24ClNO5. The molecule has 1 amide bonds. The van der Waals surface area contributed by atoms with Crippen LogP contribution < -0.4 is 4.74 Å². The number of halogens is 1. The van der Waals surface area contributed by atoms with Crippen molar-refractivity contribution in [3.8, 4) is 11.5 Å². The maximum atomic E-state index is 12.7. The molecule has 0 bridgehead atoms. The van der Waals surface area contributed by atoms with Crippen molar-refractivity contribution in [2.75, 3.05) is 7.11 Å². The van der Waals surface area contributed by atoms with Crippen LogP contribution in [0.4, 0.5) is 4.79 Å². The predicted molar refractivity (Wildman–Crippen MR) is 109 cm³/mol. The zero-order valence-corrected chi connectivity index (χ0v) is 17.7. The minimum Gasteiger partial charge on any atom is -0.467 e. The van der Waals surface area contributed by atoms with Gasteiger partial charge >= 0.3 is 12.1 Å². The number of benzene rings is 2. The van der Waals surface area contributed by atoms with Gasteiger partial charge in [0, 0.05) is 11.4 Å². The number of ether oxygens (including phenoxy) is 3. The largest absolute Gasteiger partial charge is 0.467 e. The van der Waals surface area contributed by atoms with Gasteiger partial charge in [0.15, 0.2) is 0 Å². The molecule has 0 aliphatic carbocycles. The van der Waals surface area contributed by atoms with E-state index >= 15 is 0 Å². The van der Waals surface area contributed by atoms with Crippen LogP contribution in [0, 0.1) is 0 Å². The number of nitrogens with zero attached hydrogens (tertiary/aromatic N) is 1. The molecule has 29 heavy (non-hydrogen) atoms. The molecule has 0 aromatic heterocycles. The molecule has 0 saturated carbocycles. The fraction of sp³-hybridized carbons (Fsp3) is 0.364. The van der Waals surface area contributed by atoms with E-state index in [0.29, 0.717) is 22.9 Å². The molecule has 0 N–H and O–H groups in total. The molecule has 1 aliphatic heterocycles. The Morgan fingerprint density at radius 2 is 1.79 bits per heavy atom. The van der Waals surface area contributed by atoms with Gasteiger partial charge in [-0.05, 0) is 62.2 Å². The predicted octanol–water partition coefficient (Wildman–Crippen LogP) is 4.97. The number of rotatable bonds is 3. The van der Waals surface area contributed by atoms with E-state index in [2.05, 4.69) is 0 Å². The van der Waals surface area contributed by atoms with Crippen LogP contribution in [-0.4, -0.2) is 35.7 Å². The Balaban J connectivity index is 1.86. The molecule has 154 valence electrons. The van der Waals surface area contributed by atoms with Crippen molar-refractivity contribution in [2.24, 2.45) is 0 Å². The fourth-order valence-corrected chi connectivity index (χ4v) is 3.33. The van der Waals surface area contributed by atoms with Gasteiger partial charge in [-0.15, -0.1) is 0 Å². The summed E-state index contributed by atoms with van der Waals surface area (Å²) in [6.07, 6.45) is -0.230. The molecule has 1 atom stereocenters. The first-order chi connectivity index (χ1) is 13.7. The maximum Gasteiger partial charge on any atom is 0.411 e. The van der Waals surface area contributed by atoms with Crippen LogP contribution >= 0.6 is 11.6 Å². The third-order valence-corrected chi connectivity index (χ3v) is 4.68. The van der Waals surface area contributed by atoms with Gasteiger partial charge in [-0.1, -0.05) is 23.7 Å². The molecule has 3 rings (SSSR count). The minimum absolute atomic E-state index is 0.251. The first-order valence-electron chi connectivity index (χ1n) is 9.29. The van der Waals surface area contributed by atoms with Gasteiger partial charge in [0.05, 0.1) is 13.7 Å². The number of esters is 1. The Morgan fingerprint density at radius 1 is 1.07 bits per heavy atom. The van der Waals surface area contributed by atoms with E-state index in [-0.39, 0.29) is 6.54 Å². The van der Waals surface area contributed by atoms with Gasteiger partial charge in [0.25, 0.3) is 0 Å². The normalized spacial score (nSPS) is 16.0. The molecule has 1 unspecified atom stereocenters. The van der Waals surface area contributed by atoms with Crippen LogP contribution in [0.25, 0.3) is 0 Å². The van der Waals surface area contributed by atoms with Crippen LogP contribution in [0.2, 0.25) is 5.02 Å². The van der Waals surface area contributed by atoms with E-state index in [1.165, 1.54) is 12.0 Å². The Morgan fingerprint density at radius 3 is 2.45 bits per heavy atom. The number of methoxy groups -OCH3 is 1. The summed E-state index contributed by atoms with van der Waals surface area (Å²) in [6, 6.07) is 11.9. The third kappa shape index (κ3) is 5.21. The Kier molecular flexibility index (Phi) is 6.03. The summed E-state index contributed by atoms with van der Waals surface area (Å²) in [4.78, 5) is 26.4. The maximum absolute atomic E-state index is 12.7. The lowest BCUT2D eigenvalue weighted by Gasteiger charge is -2.36. The van der Waals surface area contributed by atoms with E-state index in [1.807, 2.05) is 30.3 Å². The lowest BCUT2D eigenvalue weighted by molar-refractivity contribution is -0.147. The van der Waals surface area contributed by atoms with Gasteiger partial charge in [0.2, 0.25) is 0 Å². The molecule has 0 fully saturated rings. The minimum atomic E-state index is -0.760. The van der Waals surface area contributed by atoms with Crippen molar-refractivity contribution in [2.45, 2.75) is 45.4 Å². The van der Waals surface area contributed by atoms with Crippen LogP contribution in [-0.2, 0) is 27.2 Å². The summed E-state index contributed by atoms with van der Waals surface area (Å²) in [7, 11) is 1.31. The smallest absolute Gasteiger partial charge is 0.411 e. The number of carbonyl (C=O) groups is 2. The number of amides is 1. The SMILES string of the molecule is COC(=O)C1Cc2cc(Oc3cccc(Cl)c3)ccc2CN1C(=O)OC(C)(C)C. The molecule has 0 saturated heterocycles. The Labute approximate surface area is 175 Å². The van der Waals surface area contributed by atoms with Gasteiger partial charge in [-0.25, -0.2) is 9.59 Å². The fourth-order valence-electron chi connectivity index (χ4n) is 3.15. The second-order valence-electron chi connectivity index (χ2n) is 7.84. The zero-order valence-electron chi connectivity index (χ0n) is 16.9. The van der Waals surface area contributed by atoms with E-state index in [9.17, 15) is 9.59 Å². The van der Waals surface area contributed by atoms with E-state index in [1.54, 1.807) is 32.9 Å². The number of carbonyl (C=O) groups excluding carboxylic acids is 2. The van der Waals surface area contributed by atoms with Crippen molar-refractivity contribution < 1.29 is 23.8 Å². The Hall–Kier alpha value is -2.73. The van der Waals surface area contributed by atoms with Gasteiger partial charge in [-0.2, -0.15) is 0 Å². The molecule has 1 heterocycles. The van der Waals surface area contributed by atoms with E-state index < -0.39 is 23.7 Å². The van der Waals surface area contributed by atoms with Crippen LogP contribution in [0.3, 0.4) is 0 Å². The second kappa shape index (κ2) is 8.33. The van der Waals surface area contributed by atoms with Crippen molar-refractivity contribution in [1.29, 1.82) is 0 Å². The number of fused-ring (bicyclic) bond motifs is 1. The quantitative estimate of drug-likeness (QED) is 0.660. The monoisotopic (exact) mass is 417 g/mol. The zero-order chi connectivity index (χ0) is 21.2. The van der Waals surface area contributed by atoms with Gasteiger partial charge < -0.3 is 14.2 Å².